The third kappa shape index (κ3) is 3.45. The number of ether oxygens (including phenoxy) is 4. The van der Waals surface area contributed by atoms with E-state index in [0.29, 0.717) is 5.56 Å². The number of hydrogen-bond acceptors (Lipinski definition) is 7. The first-order valence-corrected chi connectivity index (χ1v) is 6.88. The maximum Gasteiger partial charge on any atom is 0.338 e. The van der Waals surface area contributed by atoms with Gasteiger partial charge in [0.15, 0.2) is 12.4 Å². The number of aliphatic hydroxyl groups excluding tert-OH is 2. The molecule has 2 N–H and O–H groups in total. The highest BCUT2D eigenvalue weighted by molar-refractivity contribution is 5.89. The number of carbonyl (C=O) groups excluding carboxylic acids is 1. The Morgan fingerprint density at radius 3 is 2.32 bits per heavy atom. The largest absolute Gasteiger partial charge is 0.453 e. The highest BCUT2D eigenvalue weighted by Gasteiger charge is 2.48. The van der Waals surface area contributed by atoms with Crippen molar-refractivity contribution in [2.24, 2.45) is 0 Å². The molecule has 0 amide bonds. The lowest BCUT2D eigenvalue weighted by Crippen LogP contribution is -2.61. The van der Waals surface area contributed by atoms with Gasteiger partial charge in [-0.3, -0.25) is 0 Å². The molecule has 0 spiro atoms. The van der Waals surface area contributed by atoms with E-state index in [1.807, 2.05) is 0 Å². The molecule has 0 saturated carbocycles. The third-order valence-electron chi connectivity index (χ3n) is 3.59. The van der Waals surface area contributed by atoms with Crippen molar-refractivity contribution in [2.45, 2.75) is 30.7 Å². The van der Waals surface area contributed by atoms with E-state index in [9.17, 15) is 15.0 Å². The fraction of sp³-hybridized carbons (Fsp3) is 0.533. The Morgan fingerprint density at radius 1 is 1.14 bits per heavy atom. The SMILES string of the molecule is CO[C@@H]1[C@@H](OC)[C@@H](O)O[C@H](CO)[C@H]1OC(=O)c1ccccc1. The Balaban J connectivity index is 2.19. The van der Waals surface area contributed by atoms with Gasteiger partial charge in [0.2, 0.25) is 0 Å². The van der Waals surface area contributed by atoms with Gasteiger partial charge in [0.05, 0.1) is 12.2 Å². The van der Waals surface area contributed by atoms with E-state index < -0.39 is 43.3 Å². The molecule has 1 aliphatic heterocycles. The van der Waals surface area contributed by atoms with Crippen molar-refractivity contribution in [2.75, 3.05) is 20.8 Å². The van der Waals surface area contributed by atoms with Gasteiger partial charge >= 0.3 is 5.97 Å². The summed E-state index contributed by atoms with van der Waals surface area (Å²) in [6, 6.07) is 8.45. The summed E-state index contributed by atoms with van der Waals surface area (Å²) in [6.45, 7) is -0.430. The van der Waals surface area contributed by atoms with Crippen LogP contribution in [0.1, 0.15) is 10.4 Å². The highest BCUT2D eigenvalue weighted by Crippen LogP contribution is 2.27. The van der Waals surface area contributed by atoms with Gasteiger partial charge in [0.25, 0.3) is 0 Å². The second kappa shape index (κ2) is 7.66. The number of hydrogen-bond donors (Lipinski definition) is 2. The average Bonchev–Trinajstić information content (AvgIpc) is 2.56. The number of benzene rings is 1. The van der Waals surface area contributed by atoms with Crippen molar-refractivity contribution < 1.29 is 34.0 Å². The summed E-state index contributed by atoms with van der Waals surface area (Å²) in [6.07, 6.45) is -4.69. The smallest absolute Gasteiger partial charge is 0.338 e. The lowest BCUT2D eigenvalue weighted by atomic mass is 9.98. The van der Waals surface area contributed by atoms with Gasteiger partial charge in [-0.05, 0) is 12.1 Å². The highest BCUT2D eigenvalue weighted by atomic mass is 16.7. The molecule has 0 aliphatic carbocycles. The van der Waals surface area contributed by atoms with E-state index in [1.54, 1.807) is 30.3 Å². The van der Waals surface area contributed by atoms with Crippen molar-refractivity contribution in [1.82, 2.24) is 0 Å². The van der Waals surface area contributed by atoms with Crippen LogP contribution in [0.3, 0.4) is 0 Å². The molecule has 1 fully saturated rings. The Kier molecular flexibility index (Phi) is 5.87. The first-order chi connectivity index (χ1) is 10.6. The topological polar surface area (TPSA) is 94.5 Å². The van der Waals surface area contributed by atoms with Crippen LogP contribution in [0.2, 0.25) is 0 Å². The van der Waals surface area contributed by atoms with Crippen LogP contribution >= 0.6 is 0 Å². The Hall–Kier alpha value is -1.51. The van der Waals surface area contributed by atoms with E-state index in [-0.39, 0.29) is 0 Å². The van der Waals surface area contributed by atoms with Gasteiger partial charge in [0.1, 0.15) is 18.3 Å². The van der Waals surface area contributed by atoms with Gasteiger partial charge in [-0.2, -0.15) is 0 Å². The molecule has 122 valence electrons. The number of methoxy groups -OCH3 is 2. The standard InChI is InChI=1S/C15H20O7/c1-19-12-11(10(8-16)21-15(18)13(12)20-2)22-14(17)9-6-4-3-5-7-9/h3-7,10-13,15-16,18H,8H2,1-2H3/t10-,11-,12+,13-,15+/m1/s1. The van der Waals surface area contributed by atoms with Gasteiger partial charge in [0, 0.05) is 14.2 Å². The van der Waals surface area contributed by atoms with E-state index in [4.69, 9.17) is 18.9 Å². The minimum atomic E-state index is -1.28. The monoisotopic (exact) mass is 312 g/mol. The first kappa shape index (κ1) is 16.9. The molecule has 1 aliphatic rings. The first-order valence-electron chi connectivity index (χ1n) is 6.88. The molecule has 22 heavy (non-hydrogen) atoms. The molecule has 1 saturated heterocycles. The summed E-state index contributed by atoms with van der Waals surface area (Å²) >= 11 is 0. The van der Waals surface area contributed by atoms with Crippen LogP contribution in [0, 0.1) is 0 Å². The zero-order chi connectivity index (χ0) is 16.1. The quantitative estimate of drug-likeness (QED) is 0.736. The third-order valence-corrected chi connectivity index (χ3v) is 3.59. The molecule has 7 nitrogen and oxygen atoms in total. The minimum absolute atomic E-state index is 0.370. The van der Waals surface area contributed by atoms with Crippen LogP contribution in [0.15, 0.2) is 30.3 Å². The molecule has 7 heteroatoms. The number of esters is 1. The van der Waals surface area contributed by atoms with Crippen LogP contribution in [-0.2, 0) is 18.9 Å². The van der Waals surface area contributed by atoms with Crippen molar-refractivity contribution >= 4 is 5.97 Å². The summed E-state index contributed by atoms with van der Waals surface area (Å²) in [5.41, 5.74) is 0.370. The van der Waals surface area contributed by atoms with Crippen molar-refractivity contribution in [3.05, 3.63) is 35.9 Å². The van der Waals surface area contributed by atoms with Crippen LogP contribution in [0.5, 0.6) is 0 Å². The van der Waals surface area contributed by atoms with Gasteiger partial charge < -0.3 is 29.2 Å². The number of rotatable bonds is 5. The summed E-state index contributed by atoms with van der Waals surface area (Å²) < 4.78 is 21.1. The summed E-state index contributed by atoms with van der Waals surface area (Å²) in [4.78, 5) is 12.2. The summed E-state index contributed by atoms with van der Waals surface area (Å²) in [5, 5.41) is 19.3. The zero-order valence-electron chi connectivity index (χ0n) is 12.4. The molecule has 0 bridgehead atoms. The number of aliphatic hydroxyl groups is 2. The molecule has 2 rings (SSSR count). The molecule has 0 radical (unpaired) electrons. The van der Waals surface area contributed by atoms with E-state index in [0.717, 1.165) is 0 Å². The molecule has 1 heterocycles. The lowest BCUT2D eigenvalue weighted by molar-refractivity contribution is -0.295. The maximum absolute atomic E-state index is 12.2. The van der Waals surface area contributed by atoms with Gasteiger partial charge in [-0.1, -0.05) is 18.2 Å². The number of carbonyl (C=O) groups is 1. The Bertz CT molecular complexity index is 478. The van der Waals surface area contributed by atoms with Crippen molar-refractivity contribution in [3.8, 4) is 0 Å². The Morgan fingerprint density at radius 2 is 1.77 bits per heavy atom. The van der Waals surface area contributed by atoms with Gasteiger partial charge in [-0.25, -0.2) is 4.79 Å². The normalized spacial score (nSPS) is 31.7. The zero-order valence-corrected chi connectivity index (χ0v) is 12.4. The summed E-state index contributed by atoms with van der Waals surface area (Å²) in [5.74, 6) is -0.569. The Labute approximate surface area is 128 Å². The van der Waals surface area contributed by atoms with E-state index in [1.165, 1.54) is 14.2 Å². The van der Waals surface area contributed by atoms with Crippen molar-refractivity contribution in [1.29, 1.82) is 0 Å². The van der Waals surface area contributed by atoms with E-state index in [2.05, 4.69) is 0 Å². The maximum atomic E-state index is 12.2. The van der Waals surface area contributed by atoms with E-state index >= 15 is 0 Å². The molecule has 1 aromatic rings. The lowest BCUT2D eigenvalue weighted by Gasteiger charge is -2.42. The van der Waals surface area contributed by atoms with Crippen LogP contribution < -0.4 is 0 Å². The minimum Gasteiger partial charge on any atom is -0.453 e. The molecular formula is C15H20O7. The predicted molar refractivity (Wildman–Crippen MR) is 75.2 cm³/mol. The van der Waals surface area contributed by atoms with Crippen LogP contribution in [-0.4, -0.2) is 67.7 Å². The van der Waals surface area contributed by atoms with Crippen LogP contribution in [0.4, 0.5) is 0 Å². The average molecular weight is 312 g/mol. The second-order valence-corrected chi connectivity index (χ2v) is 4.88. The fourth-order valence-electron chi connectivity index (χ4n) is 2.47. The molecule has 0 aromatic heterocycles. The van der Waals surface area contributed by atoms with Crippen LogP contribution in [0.25, 0.3) is 0 Å². The van der Waals surface area contributed by atoms with Crippen molar-refractivity contribution in [3.63, 3.8) is 0 Å². The molecule has 0 unspecified atom stereocenters. The van der Waals surface area contributed by atoms with Gasteiger partial charge in [-0.15, -0.1) is 0 Å². The second-order valence-electron chi connectivity index (χ2n) is 4.88. The molecule has 5 atom stereocenters. The fourth-order valence-corrected chi connectivity index (χ4v) is 2.47. The molecular weight excluding hydrogens is 292 g/mol. The predicted octanol–water partition coefficient (Wildman–Crippen LogP) is -0.0485. The summed E-state index contributed by atoms with van der Waals surface area (Å²) in [7, 11) is 2.80. The molecule has 1 aromatic carbocycles.